The molecule has 2 aromatic carbocycles. The summed E-state index contributed by atoms with van der Waals surface area (Å²) < 4.78 is 5.19. The number of nitrogens with zero attached hydrogens (tertiary/aromatic N) is 1. The van der Waals surface area contributed by atoms with E-state index in [0.29, 0.717) is 6.42 Å². The zero-order valence-corrected chi connectivity index (χ0v) is 15.1. The van der Waals surface area contributed by atoms with Crippen LogP contribution in [0.2, 0.25) is 0 Å². The SMILES string of the molecule is CCCC[C@@H](CC(=O)N1C(=O)OC[C@H]1c1ccccc1)c1ccccc1. The summed E-state index contributed by atoms with van der Waals surface area (Å²) >= 11 is 0. The summed E-state index contributed by atoms with van der Waals surface area (Å²) in [6, 6.07) is 19.4. The van der Waals surface area contributed by atoms with Crippen LogP contribution in [0.15, 0.2) is 60.7 Å². The zero-order chi connectivity index (χ0) is 18.4. The van der Waals surface area contributed by atoms with Crippen molar-refractivity contribution in [3.63, 3.8) is 0 Å². The third-order valence-corrected chi connectivity index (χ3v) is 4.92. The number of amides is 2. The fraction of sp³-hybridized carbons (Fsp3) is 0.364. The average Bonchev–Trinajstić information content (AvgIpc) is 3.08. The first-order chi connectivity index (χ1) is 12.7. The minimum Gasteiger partial charge on any atom is -0.446 e. The van der Waals surface area contributed by atoms with Gasteiger partial charge in [-0.05, 0) is 23.5 Å². The maximum atomic E-state index is 13.0. The maximum Gasteiger partial charge on any atom is 0.417 e. The van der Waals surface area contributed by atoms with Crippen LogP contribution in [-0.2, 0) is 9.53 Å². The minimum atomic E-state index is -0.536. The number of cyclic esters (lactones) is 1. The summed E-state index contributed by atoms with van der Waals surface area (Å²) in [5.74, 6) is -0.0419. The van der Waals surface area contributed by atoms with Gasteiger partial charge < -0.3 is 4.74 Å². The van der Waals surface area contributed by atoms with Crippen LogP contribution in [0.25, 0.3) is 0 Å². The van der Waals surface area contributed by atoms with E-state index in [1.54, 1.807) is 0 Å². The number of ether oxygens (including phenoxy) is 1. The molecule has 0 bridgehead atoms. The lowest BCUT2D eigenvalue weighted by molar-refractivity contribution is -0.129. The molecule has 3 rings (SSSR count). The van der Waals surface area contributed by atoms with Gasteiger partial charge in [0.1, 0.15) is 12.6 Å². The number of imide groups is 1. The second-order valence-corrected chi connectivity index (χ2v) is 6.72. The number of benzene rings is 2. The van der Waals surface area contributed by atoms with Crippen molar-refractivity contribution in [2.24, 2.45) is 0 Å². The van der Waals surface area contributed by atoms with Gasteiger partial charge in [-0.2, -0.15) is 0 Å². The Bertz CT molecular complexity index is 730. The molecule has 4 nitrogen and oxygen atoms in total. The monoisotopic (exact) mass is 351 g/mol. The van der Waals surface area contributed by atoms with Crippen molar-refractivity contribution in [3.8, 4) is 0 Å². The molecule has 2 amide bonds. The van der Waals surface area contributed by atoms with Crippen molar-refractivity contribution < 1.29 is 14.3 Å². The zero-order valence-electron chi connectivity index (χ0n) is 15.1. The number of unbranched alkanes of at least 4 members (excludes halogenated alkanes) is 1. The van der Waals surface area contributed by atoms with Gasteiger partial charge in [0.25, 0.3) is 0 Å². The van der Waals surface area contributed by atoms with Crippen LogP contribution in [0.3, 0.4) is 0 Å². The summed E-state index contributed by atoms with van der Waals surface area (Å²) in [6.45, 7) is 2.37. The molecule has 1 saturated heterocycles. The van der Waals surface area contributed by atoms with E-state index >= 15 is 0 Å². The Morgan fingerprint density at radius 2 is 1.77 bits per heavy atom. The molecule has 0 radical (unpaired) electrons. The normalized spacial score (nSPS) is 17.8. The summed E-state index contributed by atoms with van der Waals surface area (Å²) in [5.41, 5.74) is 2.08. The molecule has 1 aliphatic rings. The Labute approximate surface area is 154 Å². The minimum absolute atomic E-state index is 0.119. The summed E-state index contributed by atoms with van der Waals surface area (Å²) in [5, 5.41) is 0. The molecule has 1 heterocycles. The van der Waals surface area contributed by atoms with Crippen molar-refractivity contribution in [1.29, 1.82) is 0 Å². The van der Waals surface area contributed by atoms with Gasteiger partial charge in [0.05, 0.1) is 0 Å². The highest BCUT2D eigenvalue weighted by molar-refractivity contribution is 5.94. The molecule has 0 aliphatic carbocycles. The molecule has 136 valence electrons. The van der Waals surface area contributed by atoms with Crippen molar-refractivity contribution in [3.05, 3.63) is 71.8 Å². The predicted octanol–water partition coefficient (Wildman–Crippen LogP) is 5.07. The van der Waals surface area contributed by atoms with Gasteiger partial charge in [-0.25, -0.2) is 9.69 Å². The molecule has 1 aliphatic heterocycles. The van der Waals surface area contributed by atoms with Crippen LogP contribution in [0, 0.1) is 0 Å². The molecule has 26 heavy (non-hydrogen) atoms. The lowest BCUT2D eigenvalue weighted by Crippen LogP contribution is -2.35. The molecule has 4 heteroatoms. The van der Waals surface area contributed by atoms with E-state index < -0.39 is 6.09 Å². The van der Waals surface area contributed by atoms with Crippen molar-refractivity contribution >= 4 is 12.0 Å². The molecule has 0 aromatic heterocycles. The van der Waals surface area contributed by atoms with E-state index in [2.05, 4.69) is 19.1 Å². The van der Waals surface area contributed by atoms with Gasteiger partial charge in [0.15, 0.2) is 0 Å². The summed E-state index contributed by atoms with van der Waals surface area (Å²) in [4.78, 5) is 26.5. The largest absolute Gasteiger partial charge is 0.446 e. The maximum absolute atomic E-state index is 13.0. The van der Waals surface area contributed by atoms with Crippen molar-refractivity contribution in [2.45, 2.75) is 44.6 Å². The molecule has 0 spiro atoms. The number of carbonyl (C=O) groups is 2. The molecule has 2 atom stereocenters. The van der Waals surface area contributed by atoms with E-state index in [9.17, 15) is 9.59 Å². The van der Waals surface area contributed by atoms with E-state index in [1.807, 2.05) is 48.5 Å². The standard InChI is InChI=1S/C22H25NO3/c1-2-3-10-19(17-11-6-4-7-12-17)15-21(24)23-20(16-26-22(23)25)18-13-8-5-9-14-18/h4-9,11-14,19-20H,2-3,10,15-16H2,1H3/t19-,20-/m0/s1. The highest BCUT2D eigenvalue weighted by atomic mass is 16.6. The third kappa shape index (κ3) is 4.13. The molecule has 1 fully saturated rings. The number of rotatable bonds is 7. The first-order valence-electron chi connectivity index (χ1n) is 9.29. The molecule has 0 saturated carbocycles. The van der Waals surface area contributed by atoms with E-state index in [1.165, 1.54) is 4.90 Å². The van der Waals surface area contributed by atoms with Gasteiger partial charge in [-0.3, -0.25) is 4.79 Å². The van der Waals surface area contributed by atoms with E-state index in [-0.39, 0.29) is 24.5 Å². The second-order valence-electron chi connectivity index (χ2n) is 6.72. The van der Waals surface area contributed by atoms with E-state index in [4.69, 9.17) is 4.74 Å². The van der Waals surface area contributed by atoms with Gasteiger partial charge in [0.2, 0.25) is 5.91 Å². The number of carbonyl (C=O) groups excluding carboxylic acids is 2. The molecule has 2 aromatic rings. The summed E-state index contributed by atoms with van der Waals surface area (Å²) in [7, 11) is 0. The smallest absolute Gasteiger partial charge is 0.417 e. The van der Waals surface area contributed by atoms with Crippen LogP contribution in [0.5, 0.6) is 0 Å². The first-order valence-corrected chi connectivity index (χ1v) is 9.29. The fourth-order valence-corrected chi connectivity index (χ4v) is 3.49. The highest BCUT2D eigenvalue weighted by Gasteiger charge is 2.39. The van der Waals surface area contributed by atoms with Gasteiger partial charge in [-0.1, -0.05) is 80.4 Å². The van der Waals surface area contributed by atoms with Crippen LogP contribution in [-0.4, -0.2) is 23.5 Å². The van der Waals surface area contributed by atoms with Crippen molar-refractivity contribution in [2.75, 3.05) is 6.61 Å². The quantitative estimate of drug-likeness (QED) is 0.699. The Morgan fingerprint density at radius 3 is 2.42 bits per heavy atom. The topological polar surface area (TPSA) is 46.6 Å². The average molecular weight is 351 g/mol. The van der Waals surface area contributed by atoms with Crippen LogP contribution in [0.4, 0.5) is 4.79 Å². The lowest BCUT2D eigenvalue weighted by Gasteiger charge is -2.23. The predicted molar refractivity (Wildman–Crippen MR) is 101 cm³/mol. The molecule has 0 unspecified atom stereocenters. The third-order valence-electron chi connectivity index (χ3n) is 4.92. The second kappa shape index (κ2) is 8.65. The highest BCUT2D eigenvalue weighted by Crippen LogP contribution is 2.32. The molecular weight excluding hydrogens is 326 g/mol. The Hall–Kier alpha value is -2.62. The van der Waals surface area contributed by atoms with Gasteiger partial charge in [0, 0.05) is 6.42 Å². The Kier molecular flexibility index (Phi) is 6.05. The first kappa shape index (κ1) is 18.2. The summed E-state index contributed by atoms with van der Waals surface area (Å²) in [6.07, 6.45) is 2.86. The van der Waals surface area contributed by atoms with Crippen LogP contribution in [0.1, 0.15) is 55.7 Å². The number of hydrogen-bond donors (Lipinski definition) is 0. The lowest BCUT2D eigenvalue weighted by atomic mass is 9.90. The molecular formula is C22H25NO3. The van der Waals surface area contributed by atoms with E-state index in [0.717, 1.165) is 30.4 Å². The van der Waals surface area contributed by atoms with Gasteiger partial charge in [-0.15, -0.1) is 0 Å². The molecule has 0 N–H and O–H groups in total. The van der Waals surface area contributed by atoms with Crippen LogP contribution >= 0.6 is 0 Å². The van der Waals surface area contributed by atoms with Crippen LogP contribution < -0.4 is 0 Å². The van der Waals surface area contributed by atoms with Crippen molar-refractivity contribution in [1.82, 2.24) is 4.90 Å². The number of hydrogen-bond acceptors (Lipinski definition) is 3. The Morgan fingerprint density at radius 1 is 1.12 bits per heavy atom. The van der Waals surface area contributed by atoms with Gasteiger partial charge >= 0.3 is 6.09 Å². The fourth-order valence-electron chi connectivity index (χ4n) is 3.49. The Balaban J connectivity index is 1.78.